The van der Waals surface area contributed by atoms with Gasteiger partial charge in [-0.3, -0.25) is 0 Å². The Morgan fingerprint density at radius 1 is 0.688 bits per heavy atom. The number of halogens is 8. The Morgan fingerprint density at radius 3 is 1.79 bits per heavy atom. The smallest absolute Gasteiger partial charge is 0.429 e. The van der Waals surface area contributed by atoms with Gasteiger partial charge in [-0.15, -0.1) is 0 Å². The lowest BCUT2D eigenvalue weighted by atomic mass is 9.77. The minimum Gasteiger partial charge on any atom is -0.429 e. The predicted molar refractivity (Wildman–Crippen MR) is 172 cm³/mol. The standard InChI is InChI=1S/C39H36F8O/c1-3-5-6-8-23-9-11-24(12-10-23)25-13-15-29(32(40)17-25)27-20-36(44)38(37(45)21-27)39(46,47)48-28-14-16-30(35(43)22-28)26-18-33(41)31(7-4-2)34(42)19-26/h4,7,13-24H,3,5-6,8-12H2,1-2H3/b7-4+. The largest absolute Gasteiger partial charge is 0.432 e. The summed E-state index contributed by atoms with van der Waals surface area (Å²) < 4.78 is 124. The Hall–Kier alpha value is -4.14. The molecule has 0 N–H and O–H groups in total. The van der Waals surface area contributed by atoms with Crippen LogP contribution in [0.4, 0.5) is 35.1 Å². The number of rotatable bonds is 11. The zero-order chi connectivity index (χ0) is 34.6. The van der Waals surface area contributed by atoms with Gasteiger partial charge in [0, 0.05) is 22.8 Å². The highest BCUT2D eigenvalue weighted by Crippen LogP contribution is 2.41. The van der Waals surface area contributed by atoms with E-state index in [1.54, 1.807) is 13.0 Å². The topological polar surface area (TPSA) is 9.23 Å². The number of hydrogen-bond donors (Lipinski definition) is 0. The van der Waals surface area contributed by atoms with Crippen LogP contribution in [0.3, 0.4) is 0 Å². The van der Waals surface area contributed by atoms with Crippen LogP contribution in [0.25, 0.3) is 28.3 Å². The molecule has 0 amide bonds. The van der Waals surface area contributed by atoms with Gasteiger partial charge in [0.05, 0.1) is 0 Å². The van der Waals surface area contributed by atoms with Crippen LogP contribution in [0.2, 0.25) is 0 Å². The molecule has 0 aliphatic heterocycles. The summed E-state index contributed by atoms with van der Waals surface area (Å²) in [6.07, 6.45) is 6.79. The molecular weight excluding hydrogens is 636 g/mol. The molecule has 1 saturated carbocycles. The lowest BCUT2D eigenvalue weighted by molar-refractivity contribution is -0.189. The third-order valence-corrected chi connectivity index (χ3v) is 9.08. The fourth-order valence-corrected chi connectivity index (χ4v) is 6.55. The van der Waals surface area contributed by atoms with Crippen molar-refractivity contribution >= 4 is 6.08 Å². The van der Waals surface area contributed by atoms with E-state index >= 15 is 22.0 Å². The van der Waals surface area contributed by atoms with Crippen LogP contribution in [0.15, 0.2) is 66.7 Å². The Labute approximate surface area is 275 Å². The SMILES string of the molecule is C/C=C/c1c(F)cc(-c2ccc(OC(F)(F)c3c(F)cc(-c4ccc(C5CCC(CCCCC)CC5)cc4F)cc3F)cc2F)cc1F. The van der Waals surface area contributed by atoms with Crippen molar-refractivity contribution in [2.45, 2.75) is 77.2 Å². The van der Waals surface area contributed by atoms with Gasteiger partial charge in [-0.05, 0) is 104 Å². The lowest BCUT2D eigenvalue weighted by Gasteiger charge is -2.29. The molecule has 0 saturated heterocycles. The Morgan fingerprint density at radius 2 is 1.25 bits per heavy atom. The second-order valence-corrected chi connectivity index (χ2v) is 12.4. The number of ether oxygens (including phenoxy) is 1. The van der Waals surface area contributed by atoms with E-state index in [4.69, 9.17) is 0 Å². The molecular formula is C39H36F8O. The van der Waals surface area contributed by atoms with Gasteiger partial charge in [0.25, 0.3) is 0 Å². The Bertz CT molecular complexity index is 1740. The second-order valence-electron chi connectivity index (χ2n) is 12.4. The summed E-state index contributed by atoms with van der Waals surface area (Å²) in [7, 11) is 0. The molecule has 0 radical (unpaired) electrons. The fourth-order valence-electron chi connectivity index (χ4n) is 6.55. The maximum absolute atomic E-state index is 15.3. The third-order valence-electron chi connectivity index (χ3n) is 9.08. The molecule has 0 spiro atoms. The molecule has 4 aromatic carbocycles. The molecule has 0 heterocycles. The highest BCUT2D eigenvalue weighted by Gasteiger charge is 2.41. The predicted octanol–water partition coefficient (Wildman–Crippen LogP) is 12.9. The fraction of sp³-hybridized carbons (Fsp3) is 0.333. The minimum absolute atomic E-state index is 0.148. The van der Waals surface area contributed by atoms with Crippen LogP contribution in [0, 0.1) is 40.8 Å². The van der Waals surface area contributed by atoms with Gasteiger partial charge < -0.3 is 4.74 Å². The van der Waals surface area contributed by atoms with Crippen LogP contribution in [0.5, 0.6) is 5.75 Å². The van der Waals surface area contributed by atoms with Crippen LogP contribution in [0.1, 0.15) is 87.8 Å². The number of allylic oxidation sites excluding steroid dienone is 1. The van der Waals surface area contributed by atoms with Crippen LogP contribution in [-0.2, 0) is 6.11 Å². The highest BCUT2D eigenvalue weighted by molar-refractivity contribution is 5.68. The molecule has 5 rings (SSSR count). The van der Waals surface area contributed by atoms with E-state index in [2.05, 4.69) is 11.7 Å². The maximum Gasteiger partial charge on any atom is 0.432 e. The number of hydrogen-bond acceptors (Lipinski definition) is 1. The minimum atomic E-state index is -4.61. The van der Waals surface area contributed by atoms with Crippen molar-refractivity contribution in [1.29, 1.82) is 0 Å². The summed E-state index contributed by atoms with van der Waals surface area (Å²) in [6, 6.07) is 9.75. The average Bonchev–Trinajstić information content (AvgIpc) is 3.02. The van der Waals surface area contributed by atoms with Gasteiger partial charge in [0.15, 0.2) is 0 Å². The molecule has 1 fully saturated rings. The van der Waals surface area contributed by atoms with E-state index in [-0.39, 0.29) is 33.7 Å². The van der Waals surface area contributed by atoms with Crippen LogP contribution >= 0.6 is 0 Å². The van der Waals surface area contributed by atoms with Crippen molar-refractivity contribution in [3.63, 3.8) is 0 Å². The van der Waals surface area contributed by atoms with E-state index in [1.165, 1.54) is 50.0 Å². The molecule has 254 valence electrons. The highest BCUT2D eigenvalue weighted by atomic mass is 19.3. The first-order valence-electron chi connectivity index (χ1n) is 16.2. The van der Waals surface area contributed by atoms with Gasteiger partial charge in [-0.2, -0.15) is 8.78 Å². The van der Waals surface area contributed by atoms with Gasteiger partial charge >= 0.3 is 6.11 Å². The quantitative estimate of drug-likeness (QED) is 0.114. The third kappa shape index (κ3) is 7.77. The van der Waals surface area contributed by atoms with E-state index in [0.717, 1.165) is 55.5 Å². The first-order valence-corrected chi connectivity index (χ1v) is 16.2. The van der Waals surface area contributed by atoms with Gasteiger partial charge in [-0.25, -0.2) is 26.3 Å². The Kier molecular flexibility index (Phi) is 11.0. The molecule has 0 bridgehead atoms. The van der Waals surface area contributed by atoms with Crippen molar-refractivity contribution in [3.8, 4) is 28.0 Å². The van der Waals surface area contributed by atoms with Crippen molar-refractivity contribution in [2.75, 3.05) is 0 Å². The normalized spacial score (nSPS) is 16.9. The molecule has 0 atom stereocenters. The van der Waals surface area contributed by atoms with Crippen molar-refractivity contribution in [1.82, 2.24) is 0 Å². The molecule has 9 heteroatoms. The molecule has 0 aromatic heterocycles. The molecule has 1 aliphatic rings. The van der Waals surface area contributed by atoms with Crippen molar-refractivity contribution in [3.05, 3.63) is 118 Å². The first kappa shape index (κ1) is 35.2. The number of benzene rings is 4. The average molecular weight is 673 g/mol. The number of alkyl halides is 2. The molecule has 48 heavy (non-hydrogen) atoms. The van der Waals surface area contributed by atoms with E-state index in [1.807, 2.05) is 0 Å². The lowest BCUT2D eigenvalue weighted by Crippen LogP contribution is -2.25. The monoisotopic (exact) mass is 672 g/mol. The van der Waals surface area contributed by atoms with E-state index < -0.39 is 52.3 Å². The summed E-state index contributed by atoms with van der Waals surface area (Å²) in [4.78, 5) is 0. The molecule has 0 unspecified atom stereocenters. The second kappa shape index (κ2) is 15.0. The molecule has 1 aliphatic carbocycles. The summed E-state index contributed by atoms with van der Waals surface area (Å²) >= 11 is 0. The van der Waals surface area contributed by atoms with Crippen LogP contribution in [-0.4, -0.2) is 0 Å². The molecule has 4 aromatic rings. The Balaban J connectivity index is 1.31. The zero-order valence-electron chi connectivity index (χ0n) is 26.7. The van der Waals surface area contributed by atoms with Gasteiger partial charge in [0.2, 0.25) is 0 Å². The summed E-state index contributed by atoms with van der Waals surface area (Å²) in [5, 5.41) is 0. The van der Waals surface area contributed by atoms with Crippen molar-refractivity contribution < 1.29 is 39.9 Å². The van der Waals surface area contributed by atoms with Crippen LogP contribution < -0.4 is 4.74 Å². The summed E-state index contributed by atoms with van der Waals surface area (Å²) in [5.74, 6) is -7.15. The van der Waals surface area contributed by atoms with Gasteiger partial charge in [-0.1, -0.05) is 56.9 Å². The van der Waals surface area contributed by atoms with E-state index in [9.17, 15) is 13.2 Å². The summed E-state index contributed by atoms with van der Waals surface area (Å²) in [5.41, 5.74) is -2.23. The molecule has 1 nitrogen and oxygen atoms in total. The van der Waals surface area contributed by atoms with Crippen molar-refractivity contribution in [2.24, 2.45) is 5.92 Å². The number of unbranched alkanes of at least 4 members (excludes halogenated alkanes) is 2. The zero-order valence-corrected chi connectivity index (χ0v) is 26.7. The first-order chi connectivity index (χ1) is 22.9. The van der Waals surface area contributed by atoms with E-state index in [0.29, 0.717) is 24.1 Å². The maximum atomic E-state index is 15.3. The summed E-state index contributed by atoms with van der Waals surface area (Å²) in [6.45, 7) is 3.73. The van der Waals surface area contributed by atoms with Gasteiger partial charge in [0.1, 0.15) is 46.2 Å².